The number of alkyl halides is 2. The summed E-state index contributed by atoms with van der Waals surface area (Å²) in [6.45, 7) is -1.09. The number of amides is 1. The van der Waals surface area contributed by atoms with E-state index in [4.69, 9.17) is 9.47 Å². The van der Waals surface area contributed by atoms with Gasteiger partial charge < -0.3 is 19.5 Å². The van der Waals surface area contributed by atoms with Gasteiger partial charge in [-0.2, -0.15) is 8.78 Å². The second-order valence-electron chi connectivity index (χ2n) is 6.13. The number of carbonyl (C=O) groups is 1. The number of aryl methyl sites for hydroxylation is 1. The van der Waals surface area contributed by atoms with Crippen LogP contribution in [-0.2, 0) is 4.79 Å². The largest absolute Gasteiger partial charge is 0.484 e. The Balaban J connectivity index is 1.46. The molecule has 0 heterocycles. The minimum Gasteiger partial charge on any atom is -0.484 e. The summed E-state index contributed by atoms with van der Waals surface area (Å²) in [5, 5.41) is 2.61. The van der Waals surface area contributed by atoms with Crippen molar-refractivity contribution in [2.75, 3.05) is 11.9 Å². The van der Waals surface area contributed by atoms with Crippen molar-refractivity contribution in [1.82, 2.24) is 0 Å². The van der Waals surface area contributed by atoms with Crippen LogP contribution in [0.4, 0.5) is 14.5 Å². The first-order valence-corrected chi connectivity index (χ1v) is 8.80. The molecule has 0 radical (unpaired) electrons. The number of anilines is 1. The van der Waals surface area contributed by atoms with Gasteiger partial charge in [-0.1, -0.05) is 17.7 Å². The molecule has 0 bridgehead atoms. The van der Waals surface area contributed by atoms with E-state index in [2.05, 4.69) is 10.1 Å². The smallest absolute Gasteiger partial charge is 0.387 e. The third-order valence-corrected chi connectivity index (χ3v) is 3.81. The molecule has 1 N–H and O–H groups in total. The molecule has 0 unspecified atom stereocenters. The molecule has 5 nitrogen and oxygen atoms in total. The zero-order valence-electron chi connectivity index (χ0n) is 15.6. The zero-order valence-corrected chi connectivity index (χ0v) is 15.6. The maximum Gasteiger partial charge on any atom is 0.387 e. The molecule has 0 aliphatic carbocycles. The average molecular weight is 399 g/mol. The Labute approximate surface area is 166 Å². The Morgan fingerprint density at radius 2 is 1.34 bits per heavy atom. The molecule has 0 aromatic heterocycles. The van der Waals surface area contributed by atoms with Crippen LogP contribution in [0.3, 0.4) is 0 Å². The molecular formula is C22H19F2NO4. The highest BCUT2D eigenvalue weighted by atomic mass is 19.3. The second-order valence-corrected chi connectivity index (χ2v) is 6.13. The van der Waals surface area contributed by atoms with Crippen LogP contribution in [0.5, 0.6) is 23.0 Å². The number of rotatable bonds is 8. The normalized spacial score (nSPS) is 10.5. The lowest BCUT2D eigenvalue weighted by atomic mass is 10.2. The minimum atomic E-state index is -2.89. The maximum absolute atomic E-state index is 12.1. The number of nitrogens with one attached hydrogen (secondary N) is 1. The predicted molar refractivity (Wildman–Crippen MR) is 105 cm³/mol. The lowest BCUT2D eigenvalue weighted by Crippen LogP contribution is -2.20. The molecule has 0 aliphatic heterocycles. The van der Waals surface area contributed by atoms with E-state index < -0.39 is 6.61 Å². The number of ether oxygens (including phenoxy) is 3. The third kappa shape index (κ3) is 6.49. The van der Waals surface area contributed by atoms with Crippen molar-refractivity contribution < 1.29 is 27.8 Å². The average Bonchev–Trinajstić information content (AvgIpc) is 2.70. The van der Waals surface area contributed by atoms with Gasteiger partial charge in [0.2, 0.25) is 0 Å². The van der Waals surface area contributed by atoms with Crippen molar-refractivity contribution in [2.24, 2.45) is 0 Å². The van der Waals surface area contributed by atoms with Crippen molar-refractivity contribution in [3.8, 4) is 23.0 Å². The number of hydrogen-bond acceptors (Lipinski definition) is 4. The monoisotopic (exact) mass is 399 g/mol. The standard InChI is InChI=1S/C22H19F2NO4/c1-15-2-6-18(7-3-15)28-19-12-10-17(11-13-19)27-14-21(26)25-16-4-8-20(9-5-16)29-22(23)24/h2-13,22H,14H2,1H3,(H,25,26). The van der Waals surface area contributed by atoms with Gasteiger partial charge in [-0.05, 0) is 67.6 Å². The van der Waals surface area contributed by atoms with E-state index in [-0.39, 0.29) is 18.3 Å². The summed E-state index contributed by atoms with van der Waals surface area (Å²) in [6, 6.07) is 20.2. The summed E-state index contributed by atoms with van der Waals surface area (Å²) in [6.07, 6.45) is 0. The third-order valence-electron chi connectivity index (χ3n) is 3.81. The first-order valence-electron chi connectivity index (χ1n) is 8.80. The van der Waals surface area contributed by atoms with Crippen LogP contribution in [-0.4, -0.2) is 19.1 Å². The van der Waals surface area contributed by atoms with Gasteiger partial charge in [-0.15, -0.1) is 0 Å². The van der Waals surface area contributed by atoms with E-state index in [9.17, 15) is 13.6 Å². The van der Waals surface area contributed by atoms with Crippen LogP contribution in [0.1, 0.15) is 5.56 Å². The van der Waals surface area contributed by atoms with Crippen LogP contribution < -0.4 is 19.5 Å². The van der Waals surface area contributed by atoms with Gasteiger partial charge in [0, 0.05) is 5.69 Å². The molecule has 0 saturated heterocycles. The van der Waals surface area contributed by atoms with E-state index >= 15 is 0 Å². The van der Waals surface area contributed by atoms with Crippen molar-refractivity contribution in [3.05, 3.63) is 78.4 Å². The number of carbonyl (C=O) groups excluding carboxylic acids is 1. The van der Waals surface area contributed by atoms with Crippen molar-refractivity contribution in [1.29, 1.82) is 0 Å². The zero-order chi connectivity index (χ0) is 20.6. The second kappa shape index (κ2) is 9.54. The Bertz CT molecular complexity index is 927. The molecular weight excluding hydrogens is 380 g/mol. The minimum absolute atomic E-state index is 0.0159. The molecule has 3 aromatic rings. The SMILES string of the molecule is Cc1ccc(Oc2ccc(OCC(=O)Nc3ccc(OC(F)F)cc3)cc2)cc1. The molecule has 0 spiro atoms. The van der Waals surface area contributed by atoms with E-state index in [1.54, 1.807) is 24.3 Å². The number of halogens is 2. The van der Waals surface area contributed by atoms with Gasteiger partial charge in [0.1, 0.15) is 23.0 Å². The highest BCUT2D eigenvalue weighted by molar-refractivity contribution is 5.91. The fourth-order valence-electron chi connectivity index (χ4n) is 2.41. The van der Waals surface area contributed by atoms with Gasteiger partial charge in [0.25, 0.3) is 5.91 Å². The lowest BCUT2D eigenvalue weighted by molar-refractivity contribution is -0.118. The molecule has 150 valence electrons. The fourth-order valence-corrected chi connectivity index (χ4v) is 2.41. The Kier molecular flexibility index (Phi) is 6.63. The van der Waals surface area contributed by atoms with Gasteiger partial charge in [-0.25, -0.2) is 0 Å². The summed E-state index contributed by atoms with van der Waals surface area (Å²) in [5.74, 6) is 1.53. The van der Waals surface area contributed by atoms with E-state index in [0.717, 1.165) is 11.3 Å². The number of hydrogen-bond donors (Lipinski definition) is 1. The summed E-state index contributed by atoms with van der Waals surface area (Å²) in [4.78, 5) is 12.0. The Morgan fingerprint density at radius 3 is 1.93 bits per heavy atom. The molecule has 29 heavy (non-hydrogen) atoms. The van der Waals surface area contributed by atoms with Gasteiger partial charge in [0.15, 0.2) is 6.61 Å². The van der Waals surface area contributed by atoms with Crippen LogP contribution in [0.25, 0.3) is 0 Å². The topological polar surface area (TPSA) is 56.8 Å². The molecule has 3 aromatic carbocycles. The molecule has 0 atom stereocenters. The fraction of sp³-hybridized carbons (Fsp3) is 0.136. The predicted octanol–water partition coefficient (Wildman–Crippen LogP) is 5.41. The van der Waals surface area contributed by atoms with E-state index in [0.29, 0.717) is 17.2 Å². The van der Waals surface area contributed by atoms with Gasteiger partial charge >= 0.3 is 6.61 Å². The summed E-state index contributed by atoms with van der Waals surface area (Å²) < 4.78 is 39.7. The Hall–Kier alpha value is -3.61. The summed E-state index contributed by atoms with van der Waals surface area (Å²) in [5.41, 5.74) is 1.60. The molecule has 7 heteroatoms. The summed E-state index contributed by atoms with van der Waals surface area (Å²) >= 11 is 0. The first kappa shape index (κ1) is 20.1. The van der Waals surface area contributed by atoms with Gasteiger partial charge in [0.05, 0.1) is 0 Å². The van der Waals surface area contributed by atoms with Crippen LogP contribution in [0.2, 0.25) is 0 Å². The summed E-state index contributed by atoms with van der Waals surface area (Å²) in [7, 11) is 0. The quantitative estimate of drug-likeness (QED) is 0.551. The van der Waals surface area contributed by atoms with E-state index in [1.807, 2.05) is 31.2 Å². The maximum atomic E-state index is 12.1. The Morgan fingerprint density at radius 1 is 0.828 bits per heavy atom. The van der Waals surface area contributed by atoms with Crippen LogP contribution >= 0.6 is 0 Å². The van der Waals surface area contributed by atoms with Gasteiger partial charge in [-0.3, -0.25) is 4.79 Å². The van der Waals surface area contributed by atoms with Crippen molar-refractivity contribution in [3.63, 3.8) is 0 Å². The highest BCUT2D eigenvalue weighted by Crippen LogP contribution is 2.24. The van der Waals surface area contributed by atoms with E-state index in [1.165, 1.54) is 24.3 Å². The number of benzene rings is 3. The molecule has 1 amide bonds. The highest BCUT2D eigenvalue weighted by Gasteiger charge is 2.07. The van der Waals surface area contributed by atoms with Crippen molar-refractivity contribution in [2.45, 2.75) is 13.5 Å². The van der Waals surface area contributed by atoms with Crippen LogP contribution in [0.15, 0.2) is 72.8 Å². The van der Waals surface area contributed by atoms with Crippen molar-refractivity contribution >= 4 is 11.6 Å². The first-order chi connectivity index (χ1) is 14.0. The lowest BCUT2D eigenvalue weighted by Gasteiger charge is -2.10. The van der Waals surface area contributed by atoms with Crippen LogP contribution in [0, 0.1) is 6.92 Å². The molecule has 0 aliphatic rings. The molecule has 0 fully saturated rings. The molecule has 3 rings (SSSR count). The molecule has 0 saturated carbocycles.